The molecule has 4 rings (SSSR count). The predicted octanol–water partition coefficient (Wildman–Crippen LogP) is 3.06. The molecule has 1 aliphatic heterocycles. The second-order valence-corrected chi connectivity index (χ2v) is 9.25. The summed E-state index contributed by atoms with van der Waals surface area (Å²) in [5.74, 6) is 0.141. The maximum absolute atomic E-state index is 15.1. The quantitative estimate of drug-likeness (QED) is 0.574. The summed E-state index contributed by atoms with van der Waals surface area (Å²) in [6, 6.07) is 9.16. The maximum Gasteiger partial charge on any atom is 0.269 e. The Balaban J connectivity index is 1.68. The van der Waals surface area contributed by atoms with Crippen LogP contribution in [0.4, 0.5) is 4.39 Å². The second-order valence-electron chi connectivity index (χ2n) is 7.44. The van der Waals surface area contributed by atoms with Gasteiger partial charge >= 0.3 is 0 Å². The Kier molecular flexibility index (Phi) is 6.35. The van der Waals surface area contributed by atoms with Gasteiger partial charge in [0.1, 0.15) is 16.5 Å². The summed E-state index contributed by atoms with van der Waals surface area (Å²) in [6.07, 6.45) is 5.20. The number of benzene rings is 1. The molecule has 0 amide bonds. The van der Waals surface area contributed by atoms with Crippen LogP contribution in [0.2, 0.25) is 0 Å². The average molecular weight is 446 g/mol. The number of nitrogens with zero attached hydrogens (tertiary/aromatic N) is 2. The SMILES string of the molecule is CNCc1cc(-c2ccc(OCC3CCOC3)cc2F)n(S(=O)(=O)c2cccnc2)c1. The highest BCUT2D eigenvalue weighted by molar-refractivity contribution is 7.90. The average Bonchev–Trinajstić information content (AvgIpc) is 3.44. The van der Waals surface area contributed by atoms with E-state index in [9.17, 15) is 8.42 Å². The van der Waals surface area contributed by atoms with Crippen molar-refractivity contribution in [2.75, 3.05) is 26.9 Å². The molecule has 2 aromatic heterocycles. The Morgan fingerprint density at radius 1 is 1.32 bits per heavy atom. The van der Waals surface area contributed by atoms with Crippen molar-refractivity contribution in [1.82, 2.24) is 14.3 Å². The molecule has 3 aromatic rings. The van der Waals surface area contributed by atoms with Crippen molar-refractivity contribution in [3.63, 3.8) is 0 Å². The van der Waals surface area contributed by atoms with Gasteiger partial charge in [0.25, 0.3) is 10.0 Å². The molecule has 0 aliphatic carbocycles. The Morgan fingerprint density at radius 2 is 2.19 bits per heavy atom. The molecule has 1 fully saturated rings. The van der Waals surface area contributed by atoms with Crippen LogP contribution in [0.1, 0.15) is 12.0 Å². The molecule has 31 heavy (non-hydrogen) atoms. The zero-order valence-corrected chi connectivity index (χ0v) is 17.9. The molecule has 1 aromatic carbocycles. The van der Waals surface area contributed by atoms with Crippen LogP contribution in [0.5, 0.6) is 5.75 Å². The lowest BCUT2D eigenvalue weighted by atomic mass is 10.1. The number of ether oxygens (including phenoxy) is 2. The third-order valence-corrected chi connectivity index (χ3v) is 6.80. The lowest BCUT2D eigenvalue weighted by Gasteiger charge is -2.13. The topological polar surface area (TPSA) is 82.5 Å². The normalized spacial score (nSPS) is 16.5. The fourth-order valence-electron chi connectivity index (χ4n) is 3.53. The first-order valence-electron chi connectivity index (χ1n) is 10.0. The minimum absolute atomic E-state index is 0.0296. The van der Waals surface area contributed by atoms with Crippen LogP contribution >= 0.6 is 0 Å². The highest BCUT2D eigenvalue weighted by atomic mass is 32.2. The molecule has 0 bridgehead atoms. The number of rotatable bonds is 8. The first kappa shape index (κ1) is 21.5. The Hall–Kier alpha value is -2.75. The molecule has 7 nitrogen and oxygen atoms in total. The van der Waals surface area contributed by atoms with E-state index in [0.29, 0.717) is 37.0 Å². The summed E-state index contributed by atoms with van der Waals surface area (Å²) in [5, 5.41) is 2.99. The van der Waals surface area contributed by atoms with Crippen LogP contribution in [0.3, 0.4) is 0 Å². The van der Waals surface area contributed by atoms with Crippen molar-refractivity contribution < 1.29 is 22.3 Å². The number of hydrogen-bond donors (Lipinski definition) is 1. The molecular formula is C22H24FN3O4S. The van der Waals surface area contributed by atoms with Gasteiger partial charge in [-0.05, 0) is 49.4 Å². The van der Waals surface area contributed by atoms with E-state index in [0.717, 1.165) is 17.0 Å². The lowest BCUT2D eigenvalue weighted by Crippen LogP contribution is -2.14. The number of hydrogen-bond acceptors (Lipinski definition) is 6. The largest absolute Gasteiger partial charge is 0.493 e. The number of halogens is 1. The molecule has 3 heterocycles. The van der Waals surface area contributed by atoms with Gasteiger partial charge in [0, 0.05) is 49.3 Å². The Morgan fingerprint density at radius 3 is 2.87 bits per heavy atom. The van der Waals surface area contributed by atoms with Gasteiger partial charge in [-0.2, -0.15) is 0 Å². The van der Waals surface area contributed by atoms with Crippen molar-refractivity contribution in [3.05, 3.63) is 66.4 Å². The zero-order valence-electron chi connectivity index (χ0n) is 17.1. The number of pyridine rings is 1. The minimum atomic E-state index is -3.95. The van der Waals surface area contributed by atoms with Crippen molar-refractivity contribution in [2.45, 2.75) is 17.9 Å². The van der Waals surface area contributed by atoms with Crippen LogP contribution in [-0.2, 0) is 21.3 Å². The molecule has 1 saturated heterocycles. The van der Waals surface area contributed by atoms with E-state index in [4.69, 9.17) is 9.47 Å². The van der Waals surface area contributed by atoms with Crippen LogP contribution in [-0.4, -0.2) is 44.2 Å². The summed E-state index contributed by atoms with van der Waals surface area (Å²) in [5.41, 5.74) is 1.12. The first-order chi connectivity index (χ1) is 15.0. The fraction of sp³-hybridized carbons (Fsp3) is 0.318. The highest BCUT2D eigenvalue weighted by Crippen LogP contribution is 2.31. The molecular weight excluding hydrogens is 421 g/mol. The van der Waals surface area contributed by atoms with E-state index in [2.05, 4.69) is 10.3 Å². The van der Waals surface area contributed by atoms with Gasteiger partial charge in [-0.25, -0.2) is 16.8 Å². The molecule has 164 valence electrons. The van der Waals surface area contributed by atoms with Crippen LogP contribution in [0, 0.1) is 11.7 Å². The van der Waals surface area contributed by atoms with E-state index in [-0.39, 0.29) is 16.2 Å². The molecule has 9 heteroatoms. The van der Waals surface area contributed by atoms with Gasteiger partial charge < -0.3 is 14.8 Å². The lowest BCUT2D eigenvalue weighted by molar-refractivity contribution is 0.167. The second kappa shape index (κ2) is 9.17. The van der Waals surface area contributed by atoms with Crippen LogP contribution < -0.4 is 10.1 Å². The number of aromatic nitrogens is 2. The van der Waals surface area contributed by atoms with Gasteiger partial charge in [-0.3, -0.25) is 4.98 Å². The summed E-state index contributed by atoms with van der Waals surface area (Å²) >= 11 is 0. The summed E-state index contributed by atoms with van der Waals surface area (Å²) in [4.78, 5) is 3.93. The summed E-state index contributed by atoms with van der Waals surface area (Å²) in [7, 11) is -2.19. The van der Waals surface area contributed by atoms with Crippen molar-refractivity contribution in [2.24, 2.45) is 5.92 Å². The van der Waals surface area contributed by atoms with Crippen molar-refractivity contribution in [1.29, 1.82) is 0 Å². The summed E-state index contributed by atoms with van der Waals surface area (Å²) in [6.45, 7) is 2.26. The van der Waals surface area contributed by atoms with Crippen molar-refractivity contribution >= 4 is 10.0 Å². The van der Waals surface area contributed by atoms with Crippen LogP contribution in [0.15, 0.2) is 59.9 Å². The van der Waals surface area contributed by atoms with E-state index in [1.54, 1.807) is 31.3 Å². The van der Waals surface area contributed by atoms with E-state index < -0.39 is 15.8 Å². The Labute approximate surface area is 180 Å². The van der Waals surface area contributed by atoms with Gasteiger partial charge in [0.05, 0.1) is 18.9 Å². The molecule has 0 saturated carbocycles. The third-order valence-electron chi connectivity index (χ3n) is 5.14. The molecule has 1 atom stereocenters. The summed E-state index contributed by atoms with van der Waals surface area (Å²) < 4.78 is 53.6. The third kappa shape index (κ3) is 4.63. The van der Waals surface area contributed by atoms with E-state index >= 15 is 4.39 Å². The van der Waals surface area contributed by atoms with Gasteiger partial charge in [-0.1, -0.05) is 0 Å². The minimum Gasteiger partial charge on any atom is -0.493 e. The van der Waals surface area contributed by atoms with Crippen LogP contribution in [0.25, 0.3) is 11.3 Å². The fourth-order valence-corrected chi connectivity index (χ4v) is 4.88. The maximum atomic E-state index is 15.1. The predicted molar refractivity (Wildman–Crippen MR) is 114 cm³/mol. The zero-order chi connectivity index (χ0) is 21.8. The smallest absolute Gasteiger partial charge is 0.269 e. The molecule has 1 aliphatic rings. The molecule has 1 N–H and O–H groups in total. The van der Waals surface area contributed by atoms with Gasteiger partial charge in [0.15, 0.2) is 0 Å². The van der Waals surface area contributed by atoms with Gasteiger partial charge in [0.2, 0.25) is 0 Å². The monoisotopic (exact) mass is 445 g/mol. The highest BCUT2D eigenvalue weighted by Gasteiger charge is 2.24. The van der Waals surface area contributed by atoms with E-state index in [1.165, 1.54) is 30.7 Å². The van der Waals surface area contributed by atoms with Crippen molar-refractivity contribution in [3.8, 4) is 17.0 Å². The number of nitrogens with one attached hydrogen (secondary N) is 1. The molecule has 0 radical (unpaired) electrons. The van der Waals surface area contributed by atoms with E-state index in [1.807, 2.05) is 0 Å². The first-order valence-corrected chi connectivity index (χ1v) is 11.4. The standard InChI is InChI=1S/C22H24FN3O4S/c1-24-11-17-9-22(26(13-17)31(27,28)19-3-2-7-25-12-19)20-5-4-18(10-21(20)23)30-15-16-6-8-29-14-16/h2-5,7,9-10,12-13,16,24H,6,8,11,14-15H2,1H3. The Bertz CT molecular complexity index is 1140. The van der Waals surface area contributed by atoms with Gasteiger partial charge in [-0.15, -0.1) is 0 Å². The molecule has 1 unspecified atom stereocenters. The molecule has 0 spiro atoms.